The molecule has 2 aromatic carbocycles. The van der Waals surface area contributed by atoms with Crippen LogP contribution in [-0.4, -0.2) is 46.9 Å². The predicted molar refractivity (Wildman–Crippen MR) is 120 cm³/mol. The van der Waals surface area contributed by atoms with E-state index in [2.05, 4.69) is 15.5 Å². The van der Waals surface area contributed by atoms with E-state index in [9.17, 15) is 4.79 Å². The lowest BCUT2D eigenvalue weighted by Gasteiger charge is -2.11. The number of hydrogen-bond acceptors (Lipinski definition) is 8. The minimum Gasteiger partial charge on any atom is -0.493 e. The number of ether oxygens (including phenoxy) is 3. The van der Waals surface area contributed by atoms with Crippen molar-refractivity contribution in [2.24, 2.45) is 0 Å². The maximum atomic E-state index is 12.4. The number of anilines is 1. The molecule has 3 aromatic rings. The largest absolute Gasteiger partial charge is 0.493 e. The molecule has 0 unspecified atom stereocenters. The molecule has 3 N–H and O–H groups in total. The van der Waals surface area contributed by atoms with Crippen molar-refractivity contribution in [1.82, 2.24) is 14.9 Å². The van der Waals surface area contributed by atoms with Crippen molar-refractivity contribution in [3.8, 4) is 28.6 Å². The van der Waals surface area contributed by atoms with Crippen molar-refractivity contribution in [3.05, 3.63) is 42.5 Å². The van der Waals surface area contributed by atoms with Crippen LogP contribution in [0.5, 0.6) is 17.2 Å². The fourth-order valence-electron chi connectivity index (χ4n) is 2.79. The summed E-state index contributed by atoms with van der Waals surface area (Å²) in [6.45, 7) is 3.92. The van der Waals surface area contributed by atoms with E-state index in [1.54, 1.807) is 25.3 Å². The molecule has 0 spiro atoms. The second-order valence-electron chi connectivity index (χ2n) is 6.78. The van der Waals surface area contributed by atoms with Gasteiger partial charge in [-0.1, -0.05) is 23.9 Å². The zero-order valence-corrected chi connectivity index (χ0v) is 18.6. The minimum atomic E-state index is -0.214. The fourth-order valence-corrected chi connectivity index (χ4v) is 3.45. The molecule has 9 nitrogen and oxygen atoms in total. The minimum absolute atomic E-state index is 0.0568. The summed E-state index contributed by atoms with van der Waals surface area (Å²) in [5, 5.41) is 11.5. The molecule has 0 aliphatic heterocycles. The van der Waals surface area contributed by atoms with Gasteiger partial charge in [0, 0.05) is 17.3 Å². The van der Waals surface area contributed by atoms with Crippen molar-refractivity contribution >= 4 is 23.4 Å². The lowest BCUT2D eigenvalue weighted by Crippen LogP contribution is -2.16. The monoisotopic (exact) mass is 443 g/mol. The van der Waals surface area contributed by atoms with Crippen LogP contribution in [0.25, 0.3) is 11.4 Å². The molecule has 0 radical (unpaired) electrons. The van der Waals surface area contributed by atoms with Crippen LogP contribution >= 0.6 is 11.8 Å². The summed E-state index contributed by atoms with van der Waals surface area (Å²) in [5.74, 6) is 8.38. The topological polar surface area (TPSA) is 114 Å². The highest BCUT2D eigenvalue weighted by Crippen LogP contribution is 2.30. The Hall–Kier alpha value is -3.40. The number of nitrogens with two attached hydrogens (primary N) is 1. The van der Waals surface area contributed by atoms with Gasteiger partial charge >= 0.3 is 0 Å². The maximum absolute atomic E-state index is 12.4. The first-order valence-electron chi connectivity index (χ1n) is 9.53. The number of aromatic nitrogens is 3. The van der Waals surface area contributed by atoms with Gasteiger partial charge in [0.05, 0.1) is 26.1 Å². The molecule has 1 amide bonds. The number of benzene rings is 2. The van der Waals surface area contributed by atoms with E-state index in [0.29, 0.717) is 28.2 Å². The lowest BCUT2D eigenvalue weighted by molar-refractivity contribution is -0.113. The Morgan fingerprint density at radius 1 is 1.13 bits per heavy atom. The van der Waals surface area contributed by atoms with Crippen LogP contribution in [0.4, 0.5) is 5.69 Å². The average Bonchev–Trinajstić information content (AvgIpc) is 3.12. The summed E-state index contributed by atoms with van der Waals surface area (Å²) in [7, 11) is 3.09. The zero-order chi connectivity index (χ0) is 22.4. The van der Waals surface area contributed by atoms with E-state index in [-0.39, 0.29) is 17.8 Å². The Kier molecular flexibility index (Phi) is 7.24. The normalized spacial score (nSPS) is 10.7. The first-order valence-corrected chi connectivity index (χ1v) is 10.5. The Balaban J connectivity index is 1.64. The SMILES string of the molecule is COc1ccc(NC(=O)CSc2nnc(-c3cccc(OC(C)C)c3)n2N)cc1OC. The standard InChI is InChI=1S/C21H25N5O4S/c1-13(2)30-16-7-5-6-14(10-16)20-24-25-21(26(20)22)31-12-19(27)23-15-8-9-17(28-3)18(11-15)29-4/h5-11,13H,12,22H2,1-4H3,(H,23,27). The molecule has 0 aliphatic rings. The Bertz CT molecular complexity index is 1050. The molecule has 0 saturated heterocycles. The number of amides is 1. The van der Waals surface area contributed by atoms with E-state index in [4.69, 9.17) is 20.1 Å². The van der Waals surface area contributed by atoms with Crippen LogP contribution < -0.4 is 25.4 Å². The number of methoxy groups -OCH3 is 2. The number of carbonyl (C=O) groups is 1. The van der Waals surface area contributed by atoms with Crippen molar-refractivity contribution < 1.29 is 19.0 Å². The quantitative estimate of drug-likeness (QED) is 0.383. The third-order valence-corrected chi connectivity index (χ3v) is 5.07. The number of nitrogens with one attached hydrogen (secondary N) is 1. The van der Waals surface area contributed by atoms with Gasteiger partial charge in [0.1, 0.15) is 5.75 Å². The molecular formula is C21H25N5O4S. The van der Waals surface area contributed by atoms with Gasteiger partial charge in [-0.25, -0.2) is 4.68 Å². The van der Waals surface area contributed by atoms with Gasteiger partial charge in [-0.15, -0.1) is 10.2 Å². The predicted octanol–water partition coefficient (Wildman–Crippen LogP) is 3.19. The molecule has 31 heavy (non-hydrogen) atoms. The molecule has 0 fully saturated rings. The Morgan fingerprint density at radius 3 is 2.61 bits per heavy atom. The van der Waals surface area contributed by atoms with E-state index >= 15 is 0 Å². The van der Waals surface area contributed by atoms with Crippen molar-refractivity contribution in [2.75, 3.05) is 31.1 Å². The first kappa shape index (κ1) is 22.3. The van der Waals surface area contributed by atoms with E-state index in [0.717, 1.165) is 11.3 Å². The lowest BCUT2D eigenvalue weighted by atomic mass is 10.2. The number of nitrogens with zero attached hydrogens (tertiary/aromatic N) is 3. The second-order valence-corrected chi connectivity index (χ2v) is 7.72. The molecule has 0 atom stereocenters. The third-order valence-electron chi connectivity index (χ3n) is 4.13. The summed E-state index contributed by atoms with van der Waals surface area (Å²) in [6.07, 6.45) is 0.0568. The molecule has 0 bridgehead atoms. The highest BCUT2D eigenvalue weighted by Gasteiger charge is 2.15. The number of carbonyl (C=O) groups excluding carboxylic acids is 1. The highest BCUT2D eigenvalue weighted by molar-refractivity contribution is 7.99. The number of hydrogen-bond donors (Lipinski definition) is 2. The number of nitrogen functional groups attached to an aromatic ring is 1. The van der Waals surface area contributed by atoms with E-state index in [1.165, 1.54) is 23.5 Å². The molecule has 3 rings (SSSR count). The maximum Gasteiger partial charge on any atom is 0.234 e. The van der Waals surface area contributed by atoms with Crippen molar-refractivity contribution in [3.63, 3.8) is 0 Å². The Labute approximate surface area is 184 Å². The molecule has 164 valence electrons. The molecule has 1 heterocycles. The van der Waals surface area contributed by atoms with Gasteiger partial charge in [-0.3, -0.25) is 4.79 Å². The van der Waals surface area contributed by atoms with Crippen LogP contribution in [0.1, 0.15) is 13.8 Å². The smallest absolute Gasteiger partial charge is 0.234 e. The van der Waals surface area contributed by atoms with Crippen molar-refractivity contribution in [1.29, 1.82) is 0 Å². The summed E-state index contributed by atoms with van der Waals surface area (Å²) in [6, 6.07) is 12.6. The van der Waals surface area contributed by atoms with Crippen LogP contribution in [0.2, 0.25) is 0 Å². The summed E-state index contributed by atoms with van der Waals surface area (Å²) in [5.41, 5.74) is 1.37. The fraction of sp³-hybridized carbons (Fsp3) is 0.286. The number of rotatable bonds is 9. The van der Waals surface area contributed by atoms with Crippen LogP contribution in [-0.2, 0) is 4.79 Å². The third kappa shape index (κ3) is 5.60. The van der Waals surface area contributed by atoms with E-state index in [1.807, 2.05) is 38.1 Å². The first-order chi connectivity index (χ1) is 14.9. The number of thioether (sulfide) groups is 1. The molecule has 1 aromatic heterocycles. The van der Waals surface area contributed by atoms with Gasteiger partial charge < -0.3 is 25.4 Å². The van der Waals surface area contributed by atoms with Crippen LogP contribution in [0.15, 0.2) is 47.6 Å². The molecule has 0 saturated carbocycles. The van der Waals surface area contributed by atoms with Gasteiger partial charge in [0.2, 0.25) is 11.1 Å². The molecule has 10 heteroatoms. The van der Waals surface area contributed by atoms with Gasteiger partial charge in [0.25, 0.3) is 0 Å². The molecular weight excluding hydrogens is 418 g/mol. The van der Waals surface area contributed by atoms with Gasteiger partial charge in [0.15, 0.2) is 17.3 Å². The summed E-state index contributed by atoms with van der Waals surface area (Å²) >= 11 is 1.19. The second kappa shape index (κ2) is 10.1. The Morgan fingerprint density at radius 2 is 1.90 bits per heavy atom. The zero-order valence-electron chi connectivity index (χ0n) is 17.8. The van der Waals surface area contributed by atoms with Crippen LogP contribution in [0.3, 0.4) is 0 Å². The van der Waals surface area contributed by atoms with Gasteiger partial charge in [-0.05, 0) is 38.1 Å². The van der Waals surface area contributed by atoms with Crippen molar-refractivity contribution in [2.45, 2.75) is 25.1 Å². The van der Waals surface area contributed by atoms with Gasteiger partial charge in [-0.2, -0.15) is 0 Å². The highest BCUT2D eigenvalue weighted by atomic mass is 32.2. The van der Waals surface area contributed by atoms with E-state index < -0.39 is 0 Å². The average molecular weight is 444 g/mol. The summed E-state index contributed by atoms with van der Waals surface area (Å²) < 4.78 is 17.5. The summed E-state index contributed by atoms with van der Waals surface area (Å²) in [4.78, 5) is 12.4. The van der Waals surface area contributed by atoms with Crippen LogP contribution in [0, 0.1) is 0 Å². The molecule has 0 aliphatic carbocycles.